The van der Waals surface area contributed by atoms with Crippen molar-refractivity contribution >= 4 is 17.6 Å². The van der Waals surface area contributed by atoms with Crippen LogP contribution in [0.15, 0.2) is 29.3 Å². The van der Waals surface area contributed by atoms with Crippen LogP contribution in [0, 0.1) is 5.92 Å². The molecular formula is C21H33ClN4O2. The maximum absolute atomic E-state index is 10.1. The zero-order valence-corrected chi connectivity index (χ0v) is 17.6. The van der Waals surface area contributed by atoms with Crippen LogP contribution in [-0.4, -0.2) is 79.5 Å². The van der Waals surface area contributed by atoms with Crippen molar-refractivity contribution in [2.24, 2.45) is 10.9 Å². The number of benzene rings is 1. The summed E-state index contributed by atoms with van der Waals surface area (Å²) in [5.74, 6) is 1.60. The van der Waals surface area contributed by atoms with E-state index in [1.165, 1.54) is 18.4 Å². The van der Waals surface area contributed by atoms with Gasteiger partial charge in [-0.2, -0.15) is 0 Å². The third-order valence-corrected chi connectivity index (χ3v) is 5.35. The molecule has 1 aliphatic carbocycles. The summed E-state index contributed by atoms with van der Waals surface area (Å²) in [7, 11) is 0. The molecule has 0 bridgehead atoms. The van der Waals surface area contributed by atoms with E-state index in [-0.39, 0.29) is 0 Å². The molecule has 1 heterocycles. The molecule has 2 N–H and O–H groups in total. The third-order valence-electron chi connectivity index (χ3n) is 5.11. The highest BCUT2D eigenvalue weighted by atomic mass is 35.5. The molecule has 0 amide bonds. The zero-order valence-electron chi connectivity index (χ0n) is 16.8. The lowest BCUT2D eigenvalue weighted by Crippen LogP contribution is -2.52. The molecule has 1 atom stereocenters. The van der Waals surface area contributed by atoms with Crippen molar-refractivity contribution in [1.29, 1.82) is 0 Å². The summed E-state index contributed by atoms with van der Waals surface area (Å²) in [6, 6.07) is 8.07. The molecule has 2 aliphatic rings. The van der Waals surface area contributed by atoms with Crippen molar-refractivity contribution in [3.63, 3.8) is 0 Å². The summed E-state index contributed by atoms with van der Waals surface area (Å²) in [6.07, 6.45) is 1.99. The lowest BCUT2D eigenvalue weighted by molar-refractivity contribution is 0.0367. The largest absolute Gasteiger partial charge is 0.389 e. The molecule has 156 valence electrons. The van der Waals surface area contributed by atoms with Crippen molar-refractivity contribution < 1.29 is 9.84 Å². The number of rotatable bonds is 9. The molecule has 6 nitrogen and oxygen atoms in total. The normalized spacial score (nSPS) is 19.7. The van der Waals surface area contributed by atoms with Crippen molar-refractivity contribution in [3.8, 4) is 0 Å². The molecule has 3 rings (SSSR count). The van der Waals surface area contributed by atoms with Crippen LogP contribution in [0.5, 0.6) is 0 Å². The molecule has 0 spiro atoms. The second-order valence-corrected chi connectivity index (χ2v) is 8.16. The standard InChI is InChI=1S/C21H33ClN4O2/c1-2-23-21(24-13-20(27)16-28-15-17-6-7-17)26-10-8-25(9-11-26)14-18-4-3-5-19(22)12-18/h3-5,12,17,20,27H,2,6-11,13-16H2,1H3,(H,23,24). The Morgan fingerprint density at radius 3 is 2.79 bits per heavy atom. The number of piperazine rings is 1. The molecule has 1 saturated heterocycles. The van der Waals surface area contributed by atoms with E-state index >= 15 is 0 Å². The average molecular weight is 409 g/mol. The SMILES string of the molecule is CCNC(=NCC(O)COCC1CC1)N1CCN(Cc2cccc(Cl)c2)CC1. The molecule has 28 heavy (non-hydrogen) atoms. The molecule has 1 aliphatic heterocycles. The highest BCUT2D eigenvalue weighted by molar-refractivity contribution is 6.30. The summed E-state index contributed by atoms with van der Waals surface area (Å²) in [5.41, 5.74) is 1.25. The number of hydrogen-bond acceptors (Lipinski definition) is 4. The Kier molecular flexibility index (Phi) is 8.40. The number of guanidine groups is 1. The van der Waals surface area contributed by atoms with Gasteiger partial charge in [-0.05, 0) is 43.4 Å². The first kappa shape index (κ1) is 21.4. The van der Waals surface area contributed by atoms with E-state index in [4.69, 9.17) is 16.3 Å². The molecule has 0 aromatic heterocycles. The molecule has 2 fully saturated rings. The van der Waals surface area contributed by atoms with Gasteiger partial charge in [0.15, 0.2) is 5.96 Å². The number of halogens is 1. The van der Waals surface area contributed by atoms with Gasteiger partial charge in [-0.3, -0.25) is 9.89 Å². The van der Waals surface area contributed by atoms with Gasteiger partial charge in [0.1, 0.15) is 0 Å². The van der Waals surface area contributed by atoms with Crippen LogP contribution in [0.1, 0.15) is 25.3 Å². The summed E-state index contributed by atoms with van der Waals surface area (Å²) in [5, 5.41) is 14.3. The summed E-state index contributed by atoms with van der Waals surface area (Å²) in [6.45, 7) is 9.10. The summed E-state index contributed by atoms with van der Waals surface area (Å²) >= 11 is 6.09. The molecule has 0 radical (unpaired) electrons. The van der Waals surface area contributed by atoms with E-state index in [2.05, 4.69) is 33.1 Å². The minimum Gasteiger partial charge on any atom is -0.389 e. The number of ether oxygens (including phenoxy) is 1. The summed E-state index contributed by atoms with van der Waals surface area (Å²) < 4.78 is 5.57. The predicted octanol–water partition coefficient (Wildman–Crippen LogP) is 2.21. The molecule has 1 unspecified atom stereocenters. The average Bonchev–Trinajstić information content (AvgIpc) is 3.50. The van der Waals surface area contributed by atoms with Crippen LogP contribution in [0.4, 0.5) is 0 Å². The lowest BCUT2D eigenvalue weighted by Gasteiger charge is -2.36. The highest BCUT2D eigenvalue weighted by Crippen LogP contribution is 2.28. The van der Waals surface area contributed by atoms with E-state index in [1.54, 1.807) is 0 Å². The van der Waals surface area contributed by atoms with Gasteiger partial charge in [0.05, 0.1) is 19.3 Å². The van der Waals surface area contributed by atoms with Gasteiger partial charge < -0.3 is 20.1 Å². The first-order chi connectivity index (χ1) is 13.6. The topological polar surface area (TPSA) is 60.3 Å². The number of nitrogens with one attached hydrogen (secondary N) is 1. The minimum atomic E-state index is -0.545. The van der Waals surface area contributed by atoms with Crippen molar-refractivity contribution in [2.75, 3.05) is 52.5 Å². The van der Waals surface area contributed by atoms with Gasteiger partial charge in [0, 0.05) is 50.9 Å². The second kappa shape index (κ2) is 11.0. The van der Waals surface area contributed by atoms with Crippen LogP contribution >= 0.6 is 11.6 Å². The predicted molar refractivity (Wildman–Crippen MR) is 114 cm³/mol. The monoisotopic (exact) mass is 408 g/mol. The maximum Gasteiger partial charge on any atom is 0.194 e. The van der Waals surface area contributed by atoms with Gasteiger partial charge in [-0.25, -0.2) is 0 Å². The smallest absolute Gasteiger partial charge is 0.194 e. The van der Waals surface area contributed by atoms with E-state index in [1.807, 2.05) is 18.2 Å². The van der Waals surface area contributed by atoms with Crippen molar-refractivity contribution in [3.05, 3.63) is 34.9 Å². The Labute approximate surface area is 173 Å². The molecular weight excluding hydrogens is 376 g/mol. The first-order valence-corrected chi connectivity index (χ1v) is 10.8. The quantitative estimate of drug-likeness (QED) is 0.484. The number of aliphatic imine (C=N–C) groups is 1. The summed E-state index contributed by atoms with van der Waals surface area (Å²) in [4.78, 5) is 9.35. The van der Waals surface area contributed by atoms with E-state index in [9.17, 15) is 5.11 Å². The maximum atomic E-state index is 10.1. The molecule has 1 saturated carbocycles. The lowest BCUT2D eigenvalue weighted by atomic mass is 10.2. The Morgan fingerprint density at radius 2 is 2.11 bits per heavy atom. The van der Waals surface area contributed by atoms with Gasteiger partial charge in [-0.1, -0.05) is 23.7 Å². The number of nitrogens with zero attached hydrogens (tertiary/aromatic N) is 3. The molecule has 1 aromatic rings. The number of hydrogen-bond donors (Lipinski definition) is 2. The van der Waals surface area contributed by atoms with Crippen LogP contribution < -0.4 is 5.32 Å². The second-order valence-electron chi connectivity index (χ2n) is 7.72. The Balaban J connectivity index is 1.43. The van der Waals surface area contributed by atoms with Gasteiger partial charge in [-0.15, -0.1) is 0 Å². The van der Waals surface area contributed by atoms with Crippen LogP contribution in [-0.2, 0) is 11.3 Å². The Bertz CT molecular complexity index is 631. The zero-order chi connectivity index (χ0) is 19.8. The minimum absolute atomic E-state index is 0.368. The van der Waals surface area contributed by atoms with E-state index in [0.717, 1.165) is 62.8 Å². The van der Waals surface area contributed by atoms with Gasteiger partial charge in [0.2, 0.25) is 0 Å². The van der Waals surface area contributed by atoms with Gasteiger partial charge in [0.25, 0.3) is 0 Å². The fraction of sp³-hybridized carbons (Fsp3) is 0.667. The van der Waals surface area contributed by atoms with Crippen LogP contribution in [0.3, 0.4) is 0 Å². The Morgan fingerprint density at radius 1 is 1.32 bits per heavy atom. The fourth-order valence-corrected chi connectivity index (χ4v) is 3.55. The molecule has 1 aromatic carbocycles. The van der Waals surface area contributed by atoms with Crippen molar-refractivity contribution in [2.45, 2.75) is 32.4 Å². The fourth-order valence-electron chi connectivity index (χ4n) is 3.34. The van der Waals surface area contributed by atoms with Gasteiger partial charge >= 0.3 is 0 Å². The van der Waals surface area contributed by atoms with E-state index < -0.39 is 6.10 Å². The highest BCUT2D eigenvalue weighted by Gasteiger charge is 2.22. The number of aliphatic hydroxyl groups is 1. The van der Waals surface area contributed by atoms with Crippen LogP contribution in [0.2, 0.25) is 5.02 Å². The third kappa shape index (κ3) is 7.24. The first-order valence-electron chi connectivity index (χ1n) is 10.4. The van der Waals surface area contributed by atoms with Crippen molar-refractivity contribution in [1.82, 2.24) is 15.1 Å². The Hall–Kier alpha value is -1.34. The molecule has 7 heteroatoms. The van der Waals surface area contributed by atoms with Crippen LogP contribution in [0.25, 0.3) is 0 Å². The number of aliphatic hydroxyl groups excluding tert-OH is 1. The van der Waals surface area contributed by atoms with E-state index in [0.29, 0.717) is 13.2 Å².